The van der Waals surface area contributed by atoms with Crippen LogP contribution in [0.2, 0.25) is 0 Å². The predicted molar refractivity (Wildman–Crippen MR) is 102 cm³/mol. The third-order valence-corrected chi connectivity index (χ3v) is 5.24. The van der Waals surface area contributed by atoms with Crippen molar-refractivity contribution >= 4 is 11.6 Å². The summed E-state index contributed by atoms with van der Waals surface area (Å²) in [5.41, 5.74) is 1.83. The minimum Gasteiger partial charge on any atom is -0.489 e. The third-order valence-electron chi connectivity index (χ3n) is 5.24. The van der Waals surface area contributed by atoms with Crippen molar-refractivity contribution in [3.8, 4) is 5.75 Å². The van der Waals surface area contributed by atoms with Gasteiger partial charge in [0.05, 0.1) is 19.1 Å². The largest absolute Gasteiger partial charge is 0.489 e. The fourth-order valence-electron chi connectivity index (χ4n) is 3.89. The van der Waals surface area contributed by atoms with Crippen LogP contribution < -0.4 is 10.1 Å². The van der Waals surface area contributed by atoms with Crippen molar-refractivity contribution in [2.45, 2.75) is 38.1 Å². The maximum absolute atomic E-state index is 12.9. The molecule has 2 aromatic rings. The lowest BCUT2D eigenvalue weighted by atomic mass is 9.82. The van der Waals surface area contributed by atoms with E-state index >= 15 is 0 Å². The van der Waals surface area contributed by atoms with E-state index in [2.05, 4.69) is 5.32 Å². The van der Waals surface area contributed by atoms with E-state index in [-0.39, 0.29) is 11.8 Å². The summed E-state index contributed by atoms with van der Waals surface area (Å²) in [4.78, 5) is 12.9. The monoisotopic (exact) mass is 367 g/mol. The number of anilines is 1. The van der Waals surface area contributed by atoms with Crippen molar-refractivity contribution in [3.63, 3.8) is 0 Å². The van der Waals surface area contributed by atoms with Crippen LogP contribution in [0.15, 0.2) is 54.6 Å². The van der Waals surface area contributed by atoms with Gasteiger partial charge in [-0.05, 0) is 30.5 Å². The molecule has 0 bridgehead atoms. The minimum absolute atomic E-state index is 0.0446. The fourth-order valence-corrected chi connectivity index (χ4v) is 3.89. The van der Waals surface area contributed by atoms with E-state index in [1.165, 1.54) is 0 Å². The van der Waals surface area contributed by atoms with Crippen LogP contribution >= 0.6 is 0 Å². The molecule has 2 aliphatic rings. The van der Waals surface area contributed by atoms with Crippen LogP contribution in [0.3, 0.4) is 0 Å². The van der Waals surface area contributed by atoms with Gasteiger partial charge >= 0.3 is 0 Å². The summed E-state index contributed by atoms with van der Waals surface area (Å²) in [6.07, 6.45) is 3.63. The second-order valence-corrected chi connectivity index (χ2v) is 7.10. The quantitative estimate of drug-likeness (QED) is 0.863. The number of benzene rings is 2. The number of carbonyl (C=O) groups is 1. The second-order valence-electron chi connectivity index (χ2n) is 7.10. The van der Waals surface area contributed by atoms with E-state index in [4.69, 9.17) is 14.2 Å². The Kier molecular flexibility index (Phi) is 5.41. The van der Waals surface area contributed by atoms with Gasteiger partial charge in [-0.1, -0.05) is 42.8 Å². The molecule has 1 amide bonds. The molecule has 1 unspecified atom stereocenters. The first-order chi connectivity index (χ1) is 13.3. The first-order valence-corrected chi connectivity index (χ1v) is 9.61. The van der Waals surface area contributed by atoms with Crippen molar-refractivity contribution < 1.29 is 19.0 Å². The van der Waals surface area contributed by atoms with E-state index in [1.807, 2.05) is 54.6 Å². The van der Waals surface area contributed by atoms with Crippen LogP contribution in [0.25, 0.3) is 0 Å². The predicted octanol–water partition coefficient (Wildman–Crippen LogP) is 4.14. The van der Waals surface area contributed by atoms with Gasteiger partial charge in [-0.3, -0.25) is 4.79 Å². The SMILES string of the molecule is O=C(Nc1cccc(OCc2ccccc2)c1)C1CCCCC12OCCO2. The topological polar surface area (TPSA) is 56.8 Å². The summed E-state index contributed by atoms with van der Waals surface area (Å²) < 4.78 is 17.6. The average molecular weight is 367 g/mol. The Morgan fingerprint density at radius 1 is 1.07 bits per heavy atom. The second kappa shape index (κ2) is 8.11. The zero-order chi connectivity index (χ0) is 18.5. The number of hydrogen-bond donors (Lipinski definition) is 1. The molecule has 1 N–H and O–H groups in total. The zero-order valence-electron chi connectivity index (χ0n) is 15.4. The standard InChI is InChI=1S/C22H25NO4/c24-21(20-11-4-5-12-22(20)26-13-14-27-22)23-18-9-6-10-19(15-18)25-16-17-7-2-1-3-8-17/h1-3,6-10,15,20H,4-5,11-14,16H2,(H,23,24). The van der Waals surface area contributed by atoms with Gasteiger partial charge in [0.2, 0.25) is 5.91 Å². The molecule has 1 spiro atoms. The molecular weight excluding hydrogens is 342 g/mol. The fraction of sp³-hybridized carbons (Fsp3) is 0.409. The normalized spacial score (nSPS) is 21.1. The highest BCUT2D eigenvalue weighted by Gasteiger charge is 2.49. The summed E-state index contributed by atoms with van der Waals surface area (Å²) in [6, 6.07) is 17.5. The van der Waals surface area contributed by atoms with Gasteiger partial charge in [0.1, 0.15) is 12.4 Å². The first kappa shape index (κ1) is 18.0. The Labute approximate surface area is 159 Å². The van der Waals surface area contributed by atoms with Gasteiger partial charge in [-0.15, -0.1) is 0 Å². The molecule has 27 heavy (non-hydrogen) atoms. The van der Waals surface area contributed by atoms with E-state index < -0.39 is 5.79 Å². The lowest BCUT2D eigenvalue weighted by Crippen LogP contribution is -2.47. The van der Waals surface area contributed by atoms with Crippen LogP contribution in [-0.4, -0.2) is 24.9 Å². The number of carbonyl (C=O) groups excluding carboxylic acids is 1. The molecule has 1 aliphatic carbocycles. The molecule has 0 radical (unpaired) electrons. The Balaban J connectivity index is 1.40. The smallest absolute Gasteiger partial charge is 0.232 e. The van der Waals surface area contributed by atoms with Gasteiger partial charge in [-0.2, -0.15) is 0 Å². The Hall–Kier alpha value is -2.37. The van der Waals surface area contributed by atoms with Crippen LogP contribution in [0.1, 0.15) is 31.2 Å². The van der Waals surface area contributed by atoms with Crippen LogP contribution in [0, 0.1) is 5.92 Å². The summed E-state index contributed by atoms with van der Waals surface area (Å²) in [5.74, 6) is -0.327. The van der Waals surface area contributed by atoms with Crippen LogP contribution in [-0.2, 0) is 20.9 Å². The van der Waals surface area contributed by atoms with Crippen molar-refractivity contribution in [1.82, 2.24) is 0 Å². The highest BCUT2D eigenvalue weighted by Crippen LogP contribution is 2.41. The molecule has 1 atom stereocenters. The Morgan fingerprint density at radius 3 is 2.70 bits per heavy atom. The third kappa shape index (κ3) is 4.15. The lowest BCUT2D eigenvalue weighted by molar-refractivity contribution is -0.210. The number of hydrogen-bond acceptors (Lipinski definition) is 4. The minimum atomic E-state index is -0.732. The molecule has 1 saturated heterocycles. The highest BCUT2D eigenvalue weighted by atomic mass is 16.7. The maximum atomic E-state index is 12.9. The van der Waals surface area contributed by atoms with Crippen LogP contribution in [0.4, 0.5) is 5.69 Å². The summed E-state index contributed by atoms with van der Waals surface area (Å²) in [6.45, 7) is 1.62. The molecule has 1 saturated carbocycles. The van der Waals surface area contributed by atoms with Crippen molar-refractivity contribution in [2.24, 2.45) is 5.92 Å². The summed E-state index contributed by atoms with van der Waals surface area (Å²) >= 11 is 0. The zero-order valence-corrected chi connectivity index (χ0v) is 15.4. The molecule has 2 fully saturated rings. The number of nitrogens with one attached hydrogen (secondary N) is 1. The molecule has 1 aliphatic heterocycles. The van der Waals surface area contributed by atoms with E-state index in [9.17, 15) is 4.79 Å². The Bertz CT molecular complexity index is 771. The van der Waals surface area contributed by atoms with Gasteiger partial charge in [0.15, 0.2) is 5.79 Å². The average Bonchev–Trinajstić information content (AvgIpc) is 3.16. The van der Waals surface area contributed by atoms with Gasteiger partial charge in [-0.25, -0.2) is 0 Å². The van der Waals surface area contributed by atoms with Gasteiger partial charge in [0, 0.05) is 18.2 Å². The number of ether oxygens (including phenoxy) is 3. The maximum Gasteiger partial charge on any atom is 0.232 e. The van der Waals surface area contributed by atoms with Gasteiger partial charge < -0.3 is 19.5 Å². The molecular formula is C22H25NO4. The molecule has 5 heteroatoms. The van der Waals surface area contributed by atoms with E-state index in [1.54, 1.807) is 0 Å². The number of rotatable bonds is 5. The van der Waals surface area contributed by atoms with Gasteiger partial charge in [0.25, 0.3) is 0 Å². The van der Waals surface area contributed by atoms with E-state index in [0.29, 0.717) is 19.8 Å². The van der Waals surface area contributed by atoms with Crippen molar-refractivity contribution in [1.29, 1.82) is 0 Å². The van der Waals surface area contributed by atoms with Crippen molar-refractivity contribution in [2.75, 3.05) is 18.5 Å². The number of amides is 1. The Morgan fingerprint density at radius 2 is 1.89 bits per heavy atom. The first-order valence-electron chi connectivity index (χ1n) is 9.61. The summed E-state index contributed by atoms with van der Waals surface area (Å²) in [7, 11) is 0. The highest BCUT2D eigenvalue weighted by molar-refractivity contribution is 5.93. The summed E-state index contributed by atoms with van der Waals surface area (Å²) in [5, 5.41) is 3.02. The molecule has 4 rings (SSSR count). The van der Waals surface area contributed by atoms with E-state index in [0.717, 1.165) is 42.7 Å². The lowest BCUT2D eigenvalue weighted by Gasteiger charge is -2.38. The van der Waals surface area contributed by atoms with Crippen molar-refractivity contribution in [3.05, 3.63) is 60.2 Å². The molecule has 0 aromatic heterocycles. The molecule has 1 heterocycles. The molecule has 142 valence electrons. The molecule has 2 aromatic carbocycles. The van der Waals surface area contributed by atoms with Crippen LogP contribution in [0.5, 0.6) is 5.75 Å². The molecule has 5 nitrogen and oxygen atoms in total.